The number of likely N-dealkylation sites (tertiary alicyclic amines) is 1. The minimum absolute atomic E-state index is 0.0229. The summed E-state index contributed by atoms with van der Waals surface area (Å²) in [7, 11) is 0. The Balaban J connectivity index is 1.74. The Morgan fingerprint density at radius 2 is 1.79 bits per heavy atom. The van der Waals surface area contributed by atoms with E-state index < -0.39 is 29.1 Å². The van der Waals surface area contributed by atoms with Crippen LogP contribution in [0.2, 0.25) is 0 Å². The molecule has 8 nitrogen and oxygen atoms in total. The van der Waals surface area contributed by atoms with E-state index in [4.69, 9.17) is 4.74 Å². The highest BCUT2D eigenvalue weighted by molar-refractivity contribution is 6.03. The molecular weight excluding hydrogens is 530 g/mol. The van der Waals surface area contributed by atoms with E-state index in [1.807, 2.05) is 49.1 Å². The molecule has 2 bridgehead atoms. The van der Waals surface area contributed by atoms with Crippen molar-refractivity contribution in [3.63, 3.8) is 0 Å². The zero-order chi connectivity index (χ0) is 30.5. The molecular formula is C34H49N3O5. The number of unbranched alkanes of at least 4 members (excludes halogenated alkanes) is 3. The van der Waals surface area contributed by atoms with Crippen LogP contribution in [0.5, 0.6) is 0 Å². The number of aliphatic hydroxyl groups is 1. The largest absolute Gasteiger partial charge is 0.396 e. The highest BCUT2D eigenvalue weighted by Gasteiger charge is 2.78. The van der Waals surface area contributed by atoms with Crippen LogP contribution < -0.4 is 4.90 Å². The number of nitrogens with zero attached hydrogens (tertiary/aromatic N) is 3. The lowest BCUT2D eigenvalue weighted by Crippen LogP contribution is -2.58. The molecule has 0 aromatic heterocycles. The number of aliphatic hydroxyl groups excluding tert-OH is 1. The number of amides is 3. The van der Waals surface area contributed by atoms with Gasteiger partial charge in [0, 0.05) is 38.0 Å². The molecule has 3 aliphatic rings. The topological polar surface area (TPSA) is 90.4 Å². The van der Waals surface area contributed by atoms with Gasteiger partial charge in [0.05, 0.1) is 17.4 Å². The van der Waals surface area contributed by atoms with Gasteiger partial charge in [0.1, 0.15) is 11.6 Å². The maximum atomic E-state index is 14.6. The fourth-order valence-corrected chi connectivity index (χ4v) is 7.65. The summed E-state index contributed by atoms with van der Waals surface area (Å²) in [5, 5.41) is 9.21. The van der Waals surface area contributed by atoms with Gasteiger partial charge in [0.15, 0.2) is 0 Å². The lowest BCUT2D eigenvalue weighted by molar-refractivity contribution is -0.152. The minimum Gasteiger partial charge on any atom is -0.396 e. The van der Waals surface area contributed by atoms with E-state index in [0.717, 1.165) is 31.4 Å². The van der Waals surface area contributed by atoms with Crippen LogP contribution in [0.3, 0.4) is 0 Å². The smallest absolute Gasteiger partial charge is 0.248 e. The van der Waals surface area contributed by atoms with Crippen molar-refractivity contribution in [3.8, 4) is 0 Å². The van der Waals surface area contributed by atoms with Crippen molar-refractivity contribution in [2.75, 3.05) is 31.1 Å². The predicted molar refractivity (Wildman–Crippen MR) is 165 cm³/mol. The van der Waals surface area contributed by atoms with Crippen molar-refractivity contribution in [2.24, 2.45) is 11.8 Å². The summed E-state index contributed by atoms with van der Waals surface area (Å²) < 4.78 is 6.87. The molecule has 1 spiro atoms. The van der Waals surface area contributed by atoms with E-state index in [-0.39, 0.29) is 30.4 Å². The van der Waals surface area contributed by atoms with E-state index in [9.17, 15) is 19.5 Å². The first-order chi connectivity index (χ1) is 20.2. The van der Waals surface area contributed by atoms with Gasteiger partial charge < -0.3 is 24.5 Å². The fraction of sp³-hybridized carbons (Fsp3) is 0.618. The highest BCUT2D eigenvalue weighted by atomic mass is 16.5. The van der Waals surface area contributed by atoms with Crippen LogP contribution >= 0.6 is 0 Å². The summed E-state index contributed by atoms with van der Waals surface area (Å²) in [5.41, 5.74) is -1.17. The van der Waals surface area contributed by atoms with E-state index in [0.29, 0.717) is 45.3 Å². The summed E-state index contributed by atoms with van der Waals surface area (Å²) in [6.07, 6.45) is 9.47. The Morgan fingerprint density at radius 1 is 1.10 bits per heavy atom. The van der Waals surface area contributed by atoms with Gasteiger partial charge in [-0.3, -0.25) is 14.4 Å². The Bertz CT molecular complexity index is 1140. The first kappa shape index (κ1) is 32.0. The van der Waals surface area contributed by atoms with Crippen molar-refractivity contribution in [1.82, 2.24) is 9.80 Å². The molecule has 0 aliphatic carbocycles. The lowest BCUT2D eigenvalue weighted by atomic mass is 9.66. The van der Waals surface area contributed by atoms with Crippen molar-refractivity contribution >= 4 is 23.4 Å². The molecule has 3 saturated heterocycles. The van der Waals surface area contributed by atoms with Gasteiger partial charge in [-0.15, -0.1) is 13.2 Å². The summed E-state index contributed by atoms with van der Waals surface area (Å²) in [6.45, 7) is 15.1. The zero-order valence-electron chi connectivity index (χ0n) is 25.7. The van der Waals surface area contributed by atoms with Gasteiger partial charge in [-0.25, -0.2) is 0 Å². The highest BCUT2D eigenvalue weighted by Crippen LogP contribution is 2.63. The van der Waals surface area contributed by atoms with Gasteiger partial charge in [0.25, 0.3) is 0 Å². The Kier molecular flexibility index (Phi) is 10.3. The molecule has 3 aliphatic heterocycles. The molecule has 0 radical (unpaired) electrons. The van der Waals surface area contributed by atoms with Gasteiger partial charge in [0.2, 0.25) is 17.7 Å². The molecule has 8 heteroatoms. The number of para-hydroxylation sites is 1. The number of hydrogen-bond acceptors (Lipinski definition) is 5. The first-order valence-corrected chi connectivity index (χ1v) is 15.7. The summed E-state index contributed by atoms with van der Waals surface area (Å²) in [4.78, 5) is 48.8. The van der Waals surface area contributed by atoms with E-state index >= 15 is 0 Å². The standard InChI is InChI=1S/C34H49N3O5/c1-6-16-25(4)35(21-7-2)32(41)29-34-20-19-33(5,42-34)27(28(34)31(40)37(29)23-14-9-10-15-24-38)30(39)36(22-8-3)26-17-12-11-13-18-26/h7-8,11-13,17-18,25,27-29,38H,2-3,6,9-10,14-16,19-24H2,1,4-5H3/t25?,27-,28+,29?,33+,34?/m1/s1. The second-order valence-corrected chi connectivity index (χ2v) is 12.4. The molecule has 42 heavy (non-hydrogen) atoms. The average Bonchev–Trinajstić information content (AvgIpc) is 3.55. The van der Waals surface area contributed by atoms with Crippen LogP contribution in [-0.2, 0) is 19.1 Å². The normalized spacial score (nSPS) is 28.4. The molecule has 3 unspecified atom stereocenters. The fourth-order valence-electron chi connectivity index (χ4n) is 7.65. The number of rotatable bonds is 16. The van der Waals surface area contributed by atoms with Crippen molar-refractivity contribution < 1.29 is 24.2 Å². The first-order valence-electron chi connectivity index (χ1n) is 15.7. The van der Waals surface area contributed by atoms with Gasteiger partial charge in [-0.1, -0.05) is 56.5 Å². The molecule has 230 valence electrons. The van der Waals surface area contributed by atoms with Gasteiger partial charge in [-0.2, -0.15) is 0 Å². The van der Waals surface area contributed by atoms with E-state index in [2.05, 4.69) is 20.1 Å². The van der Waals surface area contributed by atoms with Crippen LogP contribution in [-0.4, -0.2) is 82.2 Å². The van der Waals surface area contributed by atoms with Crippen molar-refractivity contribution in [2.45, 2.75) is 95.4 Å². The van der Waals surface area contributed by atoms with Crippen LogP contribution in [0.1, 0.15) is 72.1 Å². The van der Waals surface area contributed by atoms with E-state index in [1.165, 1.54) is 0 Å². The van der Waals surface area contributed by atoms with Crippen molar-refractivity contribution in [1.29, 1.82) is 0 Å². The van der Waals surface area contributed by atoms with Crippen LogP contribution in [0, 0.1) is 11.8 Å². The maximum absolute atomic E-state index is 14.6. The number of benzene rings is 1. The third-order valence-corrected chi connectivity index (χ3v) is 9.58. The van der Waals surface area contributed by atoms with Gasteiger partial charge >= 0.3 is 0 Å². The van der Waals surface area contributed by atoms with E-state index in [1.54, 1.807) is 22.0 Å². The Morgan fingerprint density at radius 3 is 2.43 bits per heavy atom. The molecule has 6 atom stereocenters. The average molecular weight is 580 g/mol. The minimum atomic E-state index is -1.06. The van der Waals surface area contributed by atoms with Crippen molar-refractivity contribution in [3.05, 3.63) is 55.6 Å². The molecule has 4 rings (SSSR count). The monoisotopic (exact) mass is 579 g/mol. The zero-order valence-corrected chi connectivity index (χ0v) is 25.7. The summed E-state index contributed by atoms with van der Waals surface area (Å²) in [5.74, 6) is -1.90. The number of carbonyl (C=O) groups excluding carboxylic acids is 3. The number of ether oxygens (including phenoxy) is 1. The molecule has 1 aromatic carbocycles. The SMILES string of the molecule is C=CCN(C(=O)[C@H]1[C@H]2C(=O)N(CCCCCCO)C(C(=O)N(CC=C)C(C)CCC)C23CC[C@]1(C)O3)c1ccccc1. The van der Waals surface area contributed by atoms with Crippen LogP contribution in [0.15, 0.2) is 55.6 Å². The number of anilines is 1. The second kappa shape index (κ2) is 13.6. The molecule has 1 N–H and O–H groups in total. The second-order valence-electron chi connectivity index (χ2n) is 12.4. The lowest BCUT2D eigenvalue weighted by Gasteiger charge is -2.39. The predicted octanol–water partition coefficient (Wildman–Crippen LogP) is 4.73. The third-order valence-electron chi connectivity index (χ3n) is 9.58. The number of fused-ring (bicyclic) bond motifs is 1. The Hall–Kier alpha value is -2.97. The Labute approximate surface area is 251 Å². The molecule has 0 saturated carbocycles. The quantitative estimate of drug-likeness (QED) is 0.226. The number of hydrogen-bond donors (Lipinski definition) is 1. The van der Waals surface area contributed by atoms with Crippen LogP contribution in [0.25, 0.3) is 0 Å². The summed E-state index contributed by atoms with van der Waals surface area (Å²) in [6, 6.07) is 8.63. The molecule has 3 fully saturated rings. The van der Waals surface area contributed by atoms with Crippen LogP contribution in [0.4, 0.5) is 5.69 Å². The molecule has 3 heterocycles. The maximum Gasteiger partial charge on any atom is 0.248 e. The molecule has 1 aromatic rings. The number of carbonyl (C=O) groups is 3. The third kappa shape index (κ3) is 5.68. The van der Waals surface area contributed by atoms with Gasteiger partial charge in [-0.05, 0) is 58.1 Å². The molecule has 3 amide bonds. The summed E-state index contributed by atoms with van der Waals surface area (Å²) >= 11 is 0.